The summed E-state index contributed by atoms with van der Waals surface area (Å²) in [5, 5.41) is 4.47. The van der Waals surface area contributed by atoms with E-state index in [2.05, 4.69) is 15.1 Å². The number of hydrogen-bond donors (Lipinski definition) is 0. The van der Waals surface area contributed by atoms with Gasteiger partial charge in [-0.15, -0.1) is 0 Å². The Balaban J connectivity index is 1.97. The Hall–Kier alpha value is -3.28. The van der Waals surface area contributed by atoms with Crippen molar-refractivity contribution in [3.63, 3.8) is 0 Å². The molecule has 2 aliphatic rings. The second-order valence-electron chi connectivity index (χ2n) is 5.85. The number of methoxy groups -OCH3 is 1. The highest BCUT2D eigenvalue weighted by Crippen LogP contribution is 2.38. The largest absolute Gasteiger partial charge is 0.465 e. The van der Waals surface area contributed by atoms with Crippen molar-refractivity contribution >= 4 is 11.7 Å². The standard InChI is InChI=1S/C19H16N4O2/c1-11-12(2)22-23-10-17(21-19(23)20-11)15-9-16(18(24)25-3)14-8-6-4-5-7-13(14)15/h4-10H,1-3H3. The second kappa shape index (κ2) is 5.66. The molecule has 0 saturated heterocycles. The number of hydrogen-bond acceptors (Lipinski definition) is 5. The molecule has 25 heavy (non-hydrogen) atoms. The van der Waals surface area contributed by atoms with E-state index in [0.717, 1.165) is 33.8 Å². The lowest BCUT2D eigenvalue weighted by atomic mass is 10.1. The summed E-state index contributed by atoms with van der Waals surface area (Å²) in [5.41, 5.74) is 5.56. The van der Waals surface area contributed by atoms with Gasteiger partial charge >= 0.3 is 5.97 Å². The maximum absolute atomic E-state index is 12.2. The normalized spacial score (nSPS) is 11.2. The summed E-state index contributed by atoms with van der Waals surface area (Å²) in [4.78, 5) is 21.2. The lowest BCUT2D eigenvalue weighted by Gasteiger charge is -1.99. The van der Waals surface area contributed by atoms with E-state index in [0.29, 0.717) is 11.3 Å². The van der Waals surface area contributed by atoms with Crippen LogP contribution in [0, 0.1) is 13.8 Å². The molecule has 0 bridgehead atoms. The first kappa shape index (κ1) is 15.3. The Kier molecular flexibility index (Phi) is 3.46. The quantitative estimate of drug-likeness (QED) is 0.527. The zero-order valence-corrected chi connectivity index (χ0v) is 14.1. The smallest absolute Gasteiger partial charge is 0.338 e. The molecule has 0 N–H and O–H groups in total. The molecule has 0 fully saturated rings. The van der Waals surface area contributed by atoms with Crippen LogP contribution in [0.4, 0.5) is 0 Å². The van der Waals surface area contributed by atoms with Gasteiger partial charge < -0.3 is 4.74 Å². The van der Waals surface area contributed by atoms with Crippen LogP contribution in [0.3, 0.4) is 0 Å². The Bertz CT molecular complexity index is 1050. The van der Waals surface area contributed by atoms with Crippen LogP contribution in [0.1, 0.15) is 21.7 Å². The average molecular weight is 332 g/mol. The minimum absolute atomic E-state index is 0.367. The Morgan fingerprint density at radius 2 is 1.76 bits per heavy atom. The number of nitrogens with zero attached hydrogens (tertiary/aromatic N) is 4. The van der Waals surface area contributed by atoms with E-state index in [9.17, 15) is 4.79 Å². The number of aryl methyl sites for hydroxylation is 2. The van der Waals surface area contributed by atoms with E-state index in [4.69, 9.17) is 4.74 Å². The van der Waals surface area contributed by atoms with Crippen molar-refractivity contribution in [2.75, 3.05) is 7.11 Å². The maximum Gasteiger partial charge on any atom is 0.338 e. The van der Waals surface area contributed by atoms with Crippen molar-refractivity contribution in [2.24, 2.45) is 0 Å². The first-order valence-electron chi connectivity index (χ1n) is 7.89. The summed E-state index contributed by atoms with van der Waals surface area (Å²) in [6.07, 6.45) is 1.83. The van der Waals surface area contributed by atoms with Gasteiger partial charge in [0.25, 0.3) is 5.78 Å². The molecule has 0 saturated carbocycles. The monoisotopic (exact) mass is 332 g/mol. The number of esters is 1. The first-order valence-corrected chi connectivity index (χ1v) is 7.89. The molecule has 0 unspecified atom stereocenters. The number of imidazole rings is 1. The molecule has 0 spiro atoms. The van der Waals surface area contributed by atoms with E-state index in [1.54, 1.807) is 4.52 Å². The molecular formula is C19H16N4O2. The molecule has 0 aromatic carbocycles. The summed E-state index contributed by atoms with van der Waals surface area (Å²) >= 11 is 0. The third-order valence-corrected chi connectivity index (χ3v) is 4.31. The molecule has 2 heterocycles. The summed E-state index contributed by atoms with van der Waals surface area (Å²) < 4.78 is 6.59. The molecule has 124 valence electrons. The van der Waals surface area contributed by atoms with Gasteiger partial charge in [0.1, 0.15) is 0 Å². The third kappa shape index (κ3) is 2.42. The van der Waals surface area contributed by atoms with Gasteiger partial charge in [-0.25, -0.2) is 19.3 Å². The minimum Gasteiger partial charge on any atom is -0.465 e. The molecule has 4 rings (SSSR count). The van der Waals surface area contributed by atoms with Crippen molar-refractivity contribution in [3.8, 4) is 22.4 Å². The predicted octanol–water partition coefficient (Wildman–Crippen LogP) is 3.30. The Morgan fingerprint density at radius 1 is 1.00 bits per heavy atom. The van der Waals surface area contributed by atoms with Crippen LogP contribution < -0.4 is 0 Å². The number of carbonyl (C=O) groups excluding carboxylic acids is 1. The summed E-state index contributed by atoms with van der Waals surface area (Å²) in [6.45, 7) is 3.82. The highest BCUT2D eigenvalue weighted by atomic mass is 16.5. The molecule has 0 amide bonds. The summed E-state index contributed by atoms with van der Waals surface area (Å²) in [5.74, 6) is 0.168. The van der Waals surface area contributed by atoms with Crippen molar-refractivity contribution in [1.82, 2.24) is 19.6 Å². The van der Waals surface area contributed by atoms with Crippen molar-refractivity contribution < 1.29 is 9.53 Å². The molecule has 2 aromatic rings. The van der Waals surface area contributed by atoms with Crippen LogP contribution in [0.15, 0.2) is 42.6 Å². The lowest BCUT2D eigenvalue weighted by molar-refractivity contribution is 0.0602. The van der Waals surface area contributed by atoms with E-state index >= 15 is 0 Å². The van der Waals surface area contributed by atoms with Crippen LogP contribution >= 0.6 is 0 Å². The minimum atomic E-state index is -0.367. The van der Waals surface area contributed by atoms with E-state index in [-0.39, 0.29) is 5.97 Å². The SMILES string of the molecule is COC(=O)c1cc(-c2cn3nc(C)c(C)nc3n2)c2cccccc1-2. The zero-order chi connectivity index (χ0) is 17.6. The van der Waals surface area contributed by atoms with Gasteiger partial charge in [0.05, 0.1) is 36.0 Å². The molecule has 0 atom stereocenters. The maximum atomic E-state index is 12.2. The van der Waals surface area contributed by atoms with Crippen molar-refractivity contribution in [3.05, 3.63) is 59.5 Å². The van der Waals surface area contributed by atoms with Crippen LogP contribution in [0.25, 0.3) is 28.2 Å². The van der Waals surface area contributed by atoms with E-state index in [1.807, 2.05) is 56.4 Å². The number of ether oxygens (including phenoxy) is 1. The second-order valence-corrected chi connectivity index (χ2v) is 5.85. The Morgan fingerprint density at radius 3 is 2.52 bits per heavy atom. The van der Waals surface area contributed by atoms with Crippen molar-refractivity contribution in [1.29, 1.82) is 0 Å². The molecule has 6 heteroatoms. The number of rotatable bonds is 2. The van der Waals surface area contributed by atoms with Crippen LogP contribution in [0.5, 0.6) is 0 Å². The van der Waals surface area contributed by atoms with Gasteiger partial charge in [-0.3, -0.25) is 0 Å². The molecule has 0 aliphatic heterocycles. The van der Waals surface area contributed by atoms with E-state index in [1.165, 1.54) is 7.11 Å². The highest BCUT2D eigenvalue weighted by Gasteiger charge is 2.22. The van der Waals surface area contributed by atoms with Gasteiger partial charge in [0.15, 0.2) is 0 Å². The van der Waals surface area contributed by atoms with Crippen molar-refractivity contribution in [2.45, 2.75) is 13.8 Å². The number of aromatic nitrogens is 4. The lowest BCUT2D eigenvalue weighted by Crippen LogP contribution is -1.99. The van der Waals surface area contributed by atoms with Gasteiger partial charge in [-0.05, 0) is 31.0 Å². The van der Waals surface area contributed by atoms with Crippen LogP contribution in [-0.2, 0) is 4.74 Å². The molecule has 2 aromatic heterocycles. The summed E-state index contributed by atoms with van der Waals surface area (Å²) in [6, 6.07) is 11.5. The number of carbonyl (C=O) groups is 1. The van der Waals surface area contributed by atoms with Crippen LogP contribution in [-0.4, -0.2) is 32.7 Å². The van der Waals surface area contributed by atoms with Crippen LogP contribution in [0.2, 0.25) is 0 Å². The fourth-order valence-electron chi connectivity index (χ4n) is 2.91. The fourth-order valence-corrected chi connectivity index (χ4v) is 2.91. The molecule has 0 radical (unpaired) electrons. The number of fused-ring (bicyclic) bond motifs is 2. The third-order valence-electron chi connectivity index (χ3n) is 4.31. The Labute approximate surface area is 144 Å². The van der Waals surface area contributed by atoms with Gasteiger partial charge in [-0.2, -0.15) is 5.10 Å². The van der Waals surface area contributed by atoms with E-state index < -0.39 is 0 Å². The molecular weight excluding hydrogens is 316 g/mol. The highest BCUT2D eigenvalue weighted by molar-refractivity contribution is 6.04. The van der Waals surface area contributed by atoms with Gasteiger partial charge in [0, 0.05) is 5.56 Å². The summed E-state index contributed by atoms with van der Waals surface area (Å²) in [7, 11) is 1.38. The average Bonchev–Trinajstić information content (AvgIpc) is 3.07. The van der Waals surface area contributed by atoms with Gasteiger partial charge in [-0.1, -0.05) is 30.3 Å². The first-order chi connectivity index (χ1) is 12.1. The fraction of sp³-hybridized carbons (Fsp3) is 0.158. The predicted molar refractivity (Wildman–Crippen MR) is 93.7 cm³/mol. The molecule has 2 aliphatic carbocycles. The molecule has 6 nitrogen and oxygen atoms in total. The topological polar surface area (TPSA) is 69.4 Å². The zero-order valence-electron chi connectivity index (χ0n) is 14.1. The van der Waals surface area contributed by atoms with Gasteiger partial charge in [0.2, 0.25) is 0 Å².